The van der Waals surface area contributed by atoms with Crippen LogP contribution in [0.1, 0.15) is 11.1 Å². The van der Waals surface area contributed by atoms with Gasteiger partial charge in [0.2, 0.25) is 0 Å². The van der Waals surface area contributed by atoms with Crippen LogP contribution in [0.5, 0.6) is 0 Å². The molecule has 1 aromatic carbocycles. The number of rotatable bonds is 4. The van der Waals surface area contributed by atoms with Crippen molar-refractivity contribution in [3.63, 3.8) is 0 Å². The molecule has 3 N–H and O–H groups in total. The fourth-order valence-electron chi connectivity index (χ4n) is 1.74. The number of nitrogens with one attached hydrogen (secondary N) is 1. The number of benzene rings is 1. The molecule has 0 saturated heterocycles. The minimum absolute atomic E-state index is 0.158. The number of hydrogen-bond acceptors (Lipinski definition) is 4. The third-order valence-corrected chi connectivity index (χ3v) is 6.83. The summed E-state index contributed by atoms with van der Waals surface area (Å²) in [6.07, 6.45) is 0. The fraction of sp³-hybridized carbons (Fsp3) is 0.0833. The molecule has 4 nitrogen and oxygen atoms in total. The smallest absolute Gasteiger partial charge is 0.272 e. The van der Waals surface area contributed by atoms with Gasteiger partial charge in [-0.2, -0.15) is 0 Å². The first-order valence-corrected chi connectivity index (χ1v) is 9.04. The summed E-state index contributed by atoms with van der Waals surface area (Å²) in [5, 5.41) is 1.70. The Balaban J connectivity index is 2.48. The zero-order chi connectivity index (χ0) is 14.9. The fourth-order valence-corrected chi connectivity index (χ4v) is 5.42. The third-order valence-electron chi connectivity index (χ3n) is 2.59. The molecule has 0 bridgehead atoms. The maximum atomic E-state index is 12.4. The number of anilines is 1. The van der Waals surface area contributed by atoms with Crippen LogP contribution < -0.4 is 10.5 Å². The Labute approximate surface area is 135 Å². The summed E-state index contributed by atoms with van der Waals surface area (Å²) in [6.45, 7) is 1.83. The number of nitrogens with two attached hydrogens (primary N) is 1. The highest BCUT2D eigenvalue weighted by atomic mass is 79.9. The summed E-state index contributed by atoms with van der Waals surface area (Å²) in [7, 11) is -3.67. The molecule has 0 saturated carbocycles. The van der Waals surface area contributed by atoms with Gasteiger partial charge in [-0.1, -0.05) is 24.4 Å². The molecule has 0 radical (unpaired) electrons. The standard InChI is InChI=1S/C12H11BrN2O2S3/c1-7-3-2-4-9(10(7)11(14)18)15-20(16,17)12-8(13)5-6-19-12/h2-6,15H,1H3,(H2,14,18). The minimum atomic E-state index is -3.67. The van der Waals surface area contributed by atoms with Crippen LogP contribution in [0.25, 0.3) is 0 Å². The molecule has 0 aliphatic heterocycles. The van der Waals surface area contributed by atoms with E-state index in [0.717, 1.165) is 16.9 Å². The van der Waals surface area contributed by atoms with Crippen molar-refractivity contribution in [2.45, 2.75) is 11.1 Å². The van der Waals surface area contributed by atoms with E-state index in [0.29, 0.717) is 15.7 Å². The lowest BCUT2D eigenvalue weighted by atomic mass is 10.1. The van der Waals surface area contributed by atoms with Crippen molar-refractivity contribution >= 4 is 60.2 Å². The van der Waals surface area contributed by atoms with Gasteiger partial charge in [0.05, 0.1) is 5.69 Å². The van der Waals surface area contributed by atoms with Crippen LogP contribution in [0.15, 0.2) is 38.3 Å². The van der Waals surface area contributed by atoms with E-state index in [1.54, 1.807) is 23.6 Å². The number of thiocarbonyl (C=S) groups is 1. The van der Waals surface area contributed by atoms with Crippen LogP contribution in [-0.4, -0.2) is 13.4 Å². The Morgan fingerprint density at radius 1 is 1.40 bits per heavy atom. The second-order valence-corrected chi connectivity index (χ2v) is 8.11. The van der Waals surface area contributed by atoms with Crippen molar-refractivity contribution in [3.05, 3.63) is 45.2 Å². The van der Waals surface area contributed by atoms with Gasteiger partial charge in [-0.15, -0.1) is 11.3 Å². The molecule has 0 unspecified atom stereocenters. The number of hydrogen-bond donors (Lipinski definition) is 2. The maximum absolute atomic E-state index is 12.4. The molecule has 0 spiro atoms. The molecular weight excluding hydrogens is 380 g/mol. The predicted octanol–water partition coefficient (Wildman–Crippen LogP) is 3.25. The van der Waals surface area contributed by atoms with E-state index in [4.69, 9.17) is 18.0 Å². The third kappa shape index (κ3) is 3.03. The van der Waals surface area contributed by atoms with E-state index in [1.807, 2.05) is 13.0 Å². The Morgan fingerprint density at radius 2 is 2.10 bits per heavy atom. The summed E-state index contributed by atoms with van der Waals surface area (Å²) >= 11 is 9.34. The quantitative estimate of drug-likeness (QED) is 0.785. The van der Waals surface area contributed by atoms with Gasteiger partial charge in [0.15, 0.2) is 4.21 Å². The van der Waals surface area contributed by atoms with Gasteiger partial charge in [-0.05, 0) is 45.9 Å². The van der Waals surface area contributed by atoms with Crippen molar-refractivity contribution in [1.82, 2.24) is 0 Å². The van der Waals surface area contributed by atoms with Crippen molar-refractivity contribution in [1.29, 1.82) is 0 Å². The van der Waals surface area contributed by atoms with E-state index in [2.05, 4.69) is 20.7 Å². The minimum Gasteiger partial charge on any atom is -0.389 e. The molecular formula is C12H11BrN2O2S3. The molecule has 0 aliphatic carbocycles. The predicted molar refractivity (Wildman–Crippen MR) is 89.9 cm³/mol. The molecule has 2 rings (SSSR count). The van der Waals surface area contributed by atoms with E-state index >= 15 is 0 Å². The second kappa shape index (κ2) is 5.80. The second-order valence-electron chi connectivity index (χ2n) is 4.02. The van der Waals surface area contributed by atoms with Crippen LogP contribution in [0.4, 0.5) is 5.69 Å². The number of sulfonamides is 1. The van der Waals surface area contributed by atoms with Crippen molar-refractivity contribution in [3.8, 4) is 0 Å². The molecule has 0 fully saturated rings. The van der Waals surface area contributed by atoms with Crippen LogP contribution in [0, 0.1) is 6.92 Å². The largest absolute Gasteiger partial charge is 0.389 e. The van der Waals surface area contributed by atoms with Gasteiger partial charge in [0.25, 0.3) is 10.0 Å². The molecule has 0 amide bonds. The van der Waals surface area contributed by atoms with Gasteiger partial charge in [0, 0.05) is 10.0 Å². The molecule has 1 aromatic heterocycles. The van der Waals surface area contributed by atoms with Crippen LogP contribution >= 0.6 is 39.5 Å². The summed E-state index contributed by atoms with van der Waals surface area (Å²) < 4.78 is 28.0. The summed E-state index contributed by atoms with van der Waals surface area (Å²) in [5.41, 5.74) is 7.42. The lowest BCUT2D eigenvalue weighted by Gasteiger charge is -2.13. The van der Waals surface area contributed by atoms with Crippen molar-refractivity contribution in [2.75, 3.05) is 4.72 Å². The highest BCUT2D eigenvalue weighted by Gasteiger charge is 2.21. The van der Waals surface area contributed by atoms with E-state index in [9.17, 15) is 8.42 Å². The van der Waals surface area contributed by atoms with Crippen LogP contribution in [-0.2, 0) is 10.0 Å². The highest BCUT2D eigenvalue weighted by molar-refractivity contribution is 9.10. The number of thiophene rings is 1. The Bertz CT molecular complexity index is 769. The van der Waals surface area contributed by atoms with Gasteiger partial charge < -0.3 is 5.73 Å². The average Bonchev–Trinajstić information content (AvgIpc) is 2.75. The average molecular weight is 391 g/mol. The zero-order valence-electron chi connectivity index (χ0n) is 10.4. The van der Waals surface area contributed by atoms with Crippen molar-refractivity contribution in [2.24, 2.45) is 5.73 Å². The lowest BCUT2D eigenvalue weighted by Crippen LogP contribution is -2.18. The molecule has 2 aromatic rings. The lowest BCUT2D eigenvalue weighted by molar-refractivity contribution is 0.603. The molecule has 20 heavy (non-hydrogen) atoms. The monoisotopic (exact) mass is 390 g/mol. The number of aryl methyl sites for hydroxylation is 1. The van der Waals surface area contributed by atoms with Crippen LogP contribution in [0.3, 0.4) is 0 Å². The first-order chi connectivity index (χ1) is 9.33. The van der Waals surface area contributed by atoms with E-state index in [1.165, 1.54) is 0 Å². The molecule has 0 atom stereocenters. The molecule has 0 aliphatic rings. The van der Waals surface area contributed by atoms with Gasteiger partial charge in [-0.3, -0.25) is 4.72 Å². The van der Waals surface area contributed by atoms with Crippen molar-refractivity contribution < 1.29 is 8.42 Å². The molecule has 1 heterocycles. The molecule has 106 valence electrons. The Kier molecular flexibility index (Phi) is 4.48. The highest BCUT2D eigenvalue weighted by Crippen LogP contribution is 2.30. The van der Waals surface area contributed by atoms with Gasteiger partial charge >= 0.3 is 0 Å². The summed E-state index contributed by atoms with van der Waals surface area (Å²) in [4.78, 5) is 0.158. The summed E-state index contributed by atoms with van der Waals surface area (Å²) in [5.74, 6) is 0. The number of halogens is 1. The first-order valence-electron chi connectivity index (χ1n) is 5.48. The normalized spacial score (nSPS) is 11.3. The maximum Gasteiger partial charge on any atom is 0.272 e. The zero-order valence-corrected chi connectivity index (χ0v) is 14.4. The summed E-state index contributed by atoms with van der Waals surface area (Å²) in [6, 6.07) is 6.90. The SMILES string of the molecule is Cc1cccc(NS(=O)(=O)c2sccc2Br)c1C(N)=S. The Hall–Kier alpha value is -0.960. The van der Waals surface area contributed by atoms with Crippen LogP contribution in [0.2, 0.25) is 0 Å². The topological polar surface area (TPSA) is 72.2 Å². The van der Waals surface area contributed by atoms with Gasteiger partial charge in [0.1, 0.15) is 4.99 Å². The molecule has 8 heteroatoms. The van der Waals surface area contributed by atoms with E-state index < -0.39 is 10.0 Å². The van der Waals surface area contributed by atoms with Gasteiger partial charge in [-0.25, -0.2) is 8.42 Å². The van der Waals surface area contributed by atoms with E-state index in [-0.39, 0.29) is 9.20 Å². The first kappa shape index (κ1) is 15.4. The Morgan fingerprint density at radius 3 is 2.65 bits per heavy atom.